The third-order valence-electron chi connectivity index (χ3n) is 2.03. The second-order valence-electron chi connectivity index (χ2n) is 3.07. The van der Waals surface area contributed by atoms with E-state index in [1.54, 1.807) is 0 Å². The summed E-state index contributed by atoms with van der Waals surface area (Å²) in [5.41, 5.74) is 1.93. The third-order valence-corrected chi connectivity index (χ3v) is 2.52. The lowest BCUT2D eigenvalue weighted by Crippen LogP contribution is -2.35. The molecule has 1 heterocycles. The minimum atomic E-state index is 0.0392. The normalized spacial score (nSPS) is 15.2. The lowest BCUT2D eigenvalue weighted by Gasteiger charge is -2.27. The number of carbonyl (C=O) groups is 1. The van der Waals surface area contributed by atoms with E-state index in [1.807, 2.05) is 30.1 Å². The second kappa shape index (κ2) is 3.03. The summed E-state index contributed by atoms with van der Waals surface area (Å²) in [5.74, 6) is 0.0392. The first-order valence-corrected chi connectivity index (χ1v) is 4.76. The Morgan fingerprint density at radius 1 is 1.54 bits per heavy atom. The Morgan fingerprint density at radius 2 is 2.31 bits per heavy atom. The van der Waals surface area contributed by atoms with E-state index in [2.05, 4.69) is 21.2 Å². The van der Waals surface area contributed by atoms with Crippen LogP contribution < -0.4 is 10.2 Å². The molecule has 0 aromatic heterocycles. The number of hydrogen-bond donors (Lipinski definition) is 1. The van der Waals surface area contributed by atoms with Crippen molar-refractivity contribution < 1.29 is 4.79 Å². The maximum atomic E-state index is 11.2. The molecule has 0 saturated carbocycles. The van der Waals surface area contributed by atoms with Gasteiger partial charge in [0, 0.05) is 11.5 Å². The van der Waals surface area contributed by atoms with Crippen LogP contribution in [0, 0.1) is 0 Å². The molecule has 1 N–H and O–H groups in total. The molecule has 13 heavy (non-hydrogen) atoms. The van der Waals surface area contributed by atoms with E-state index in [4.69, 9.17) is 0 Å². The van der Waals surface area contributed by atoms with E-state index in [0.717, 1.165) is 15.8 Å². The van der Waals surface area contributed by atoms with Crippen molar-refractivity contribution in [3.63, 3.8) is 0 Å². The van der Waals surface area contributed by atoms with Gasteiger partial charge in [-0.15, -0.1) is 0 Å². The number of likely N-dealkylation sites (N-methyl/N-ethyl adjacent to an activating group) is 1. The van der Waals surface area contributed by atoms with Crippen molar-refractivity contribution in [3.8, 4) is 0 Å². The molecule has 1 amide bonds. The Bertz CT molecular complexity index is 365. The van der Waals surface area contributed by atoms with E-state index in [9.17, 15) is 4.79 Å². The molecule has 0 atom stereocenters. The fraction of sp³-hybridized carbons (Fsp3) is 0.222. The van der Waals surface area contributed by atoms with Crippen LogP contribution in [0.2, 0.25) is 0 Å². The number of halogens is 1. The van der Waals surface area contributed by atoms with Crippen molar-refractivity contribution >= 4 is 33.2 Å². The summed E-state index contributed by atoms with van der Waals surface area (Å²) in [4.78, 5) is 13.1. The first-order chi connectivity index (χ1) is 6.16. The number of fused-ring (bicyclic) bond motifs is 1. The highest BCUT2D eigenvalue weighted by atomic mass is 79.9. The van der Waals surface area contributed by atoms with E-state index in [1.165, 1.54) is 0 Å². The Hall–Kier alpha value is -1.03. The second-order valence-corrected chi connectivity index (χ2v) is 3.98. The average molecular weight is 241 g/mol. The topological polar surface area (TPSA) is 32.3 Å². The molecule has 1 aliphatic rings. The Kier molecular flexibility index (Phi) is 2.00. The monoisotopic (exact) mass is 240 g/mol. The number of hydrogen-bond acceptors (Lipinski definition) is 2. The van der Waals surface area contributed by atoms with Gasteiger partial charge in [-0.2, -0.15) is 0 Å². The van der Waals surface area contributed by atoms with Crippen molar-refractivity contribution in [2.75, 3.05) is 23.8 Å². The standard InChI is InChI=1S/C9H9BrN2O/c1-12-5-9(13)11-7-3-2-6(10)4-8(7)12/h2-4H,5H2,1H3,(H,11,13). The number of nitrogens with one attached hydrogen (secondary N) is 1. The molecule has 1 aromatic carbocycles. The van der Waals surface area contributed by atoms with Gasteiger partial charge in [-0.3, -0.25) is 4.79 Å². The van der Waals surface area contributed by atoms with Crippen LogP contribution in [0.3, 0.4) is 0 Å². The van der Waals surface area contributed by atoms with Crippen LogP contribution >= 0.6 is 15.9 Å². The van der Waals surface area contributed by atoms with Crippen LogP contribution in [0.25, 0.3) is 0 Å². The minimum absolute atomic E-state index is 0.0392. The zero-order chi connectivity index (χ0) is 9.42. The zero-order valence-electron chi connectivity index (χ0n) is 7.17. The van der Waals surface area contributed by atoms with Crippen LogP contribution in [0.1, 0.15) is 0 Å². The first-order valence-electron chi connectivity index (χ1n) is 3.97. The fourth-order valence-corrected chi connectivity index (χ4v) is 1.77. The molecular formula is C9H9BrN2O. The van der Waals surface area contributed by atoms with E-state index < -0.39 is 0 Å². The van der Waals surface area contributed by atoms with Gasteiger partial charge >= 0.3 is 0 Å². The lowest BCUT2D eigenvalue weighted by molar-refractivity contribution is -0.115. The Balaban J connectivity index is 2.49. The summed E-state index contributed by atoms with van der Waals surface area (Å²) >= 11 is 3.39. The van der Waals surface area contributed by atoms with Crippen molar-refractivity contribution in [3.05, 3.63) is 22.7 Å². The van der Waals surface area contributed by atoms with Crippen molar-refractivity contribution in [1.29, 1.82) is 0 Å². The maximum Gasteiger partial charge on any atom is 0.243 e. The number of amides is 1. The summed E-state index contributed by atoms with van der Waals surface area (Å²) < 4.78 is 1.02. The van der Waals surface area contributed by atoms with Crippen LogP contribution in [0.15, 0.2) is 22.7 Å². The molecule has 0 saturated heterocycles. The quantitative estimate of drug-likeness (QED) is 0.751. The van der Waals surface area contributed by atoms with Gasteiger partial charge in [0.25, 0.3) is 0 Å². The third kappa shape index (κ3) is 1.54. The molecule has 2 rings (SSSR count). The van der Waals surface area contributed by atoms with Gasteiger partial charge in [-0.1, -0.05) is 15.9 Å². The summed E-state index contributed by atoms with van der Waals surface area (Å²) in [7, 11) is 1.91. The van der Waals surface area contributed by atoms with E-state index in [0.29, 0.717) is 6.54 Å². The van der Waals surface area contributed by atoms with Gasteiger partial charge in [-0.25, -0.2) is 0 Å². The number of carbonyl (C=O) groups excluding carboxylic acids is 1. The Morgan fingerprint density at radius 3 is 3.08 bits per heavy atom. The van der Waals surface area contributed by atoms with Crippen molar-refractivity contribution in [1.82, 2.24) is 0 Å². The van der Waals surface area contributed by atoms with Gasteiger partial charge in [-0.05, 0) is 18.2 Å². The number of anilines is 2. The minimum Gasteiger partial charge on any atom is -0.364 e. The van der Waals surface area contributed by atoms with Crippen LogP contribution in [0.4, 0.5) is 11.4 Å². The molecule has 0 radical (unpaired) electrons. The molecule has 1 aliphatic heterocycles. The number of benzene rings is 1. The molecule has 68 valence electrons. The average Bonchev–Trinajstić information content (AvgIpc) is 2.06. The number of rotatable bonds is 0. The molecule has 0 aliphatic carbocycles. The predicted molar refractivity (Wildman–Crippen MR) is 56.0 cm³/mol. The SMILES string of the molecule is CN1CC(=O)Nc2ccc(Br)cc21. The van der Waals surface area contributed by atoms with Gasteiger partial charge in [0.2, 0.25) is 5.91 Å². The lowest BCUT2D eigenvalue weighted by atomic mass is 10.2. The van der Waals surface area contributed by atoms with Crippen LogP contribution in [0.5, 0.6) is 0 Å². The predicted octanol–water partition coefficient (Wildman–Crippen LogP) is 1.84. The largest absolute Gasteiger partial charge is 0.364 e. The molecule has 1 aromatic rings. The van der Waals surface area contributed by atoms with Crippen LogP contribution in [-0.4, -0.2) is 19.5 Å². The highest BCUT2D eigenvalue weighted by Gasteiger charge is 2.18. The van der Waals surface area contributed by atoms with Crippen molar-refractivity contribution in [2.24, 2.45) is 0 Å². The summed E-state index contributed by atoms with van der Waals surface area (Å²) in [6, 6.07) is 5.81. The Labute approximate surface area is 84.9 Å². The highest BCUT2D eigenvalue weighted by molar-refractivity contribution is 9.10. The molecule has 3 nitrogen and oxygen atoms in total. The van der Waals surface area contributed by atoms with Gasteiger partial charge < -0.3 is 10.2 Å². The van der Waals surface area contributed by atoms with Gasteiger partial charge in [0.15, 0.2) is 0 Å². The smallest absolute Gasteiger partial charge is 0.243 e. The van der Waals surface area contributed by atoms with Crippen molar-refractivity contribution in [2.45, 2.75) is 0 Å². The summed E-state index contributed by atoms with van der Waals surface area (Å²) in [6.45, 7) is 0.420. The summed E-state index contributed by atoms with van der Waals surface area (Å²) in [6.07, 6.45) is 0. The zero-order valence-corrected chi connectivity index (χ0v) is 8.76. The highest BCUT2D eigenvalue weighted by Crippen LogP contribution is 2.30. The number of nitrogens with zero attached hydrogens (tertiary/aromatic N) is 1. The molecule has 0 bridgehead atoms. The van der Waals surface area contributed by atoms with Crippen LogP contribution in [-0.2, 0) is 4.79 Å². The molecular weight excluding hydrogens is 232 g/mol. The van der Waals surface area contributed by atoms with E-state index >= 15 is 0 Å². The fourth-order valence-electron chi connectivity index (χ4n) is 1.42. The molecule has 0 unspecified atom stereocenters. The first kappa shape index (κ1) is 8.56. The molecule has 0 fully saturated rings. The molecule has 0 spiro atoms. The van der Waals surface area contributed by atoms with E-state index in [-0.39, 0.29) is 5.91 Å². The molecule has 4 heteroatoms. The van der Waals surface area contributed by atoms with Gasteiger partial charge in [0.1, 0.15) is 0 Å². The summed E-state index contributed by atoms with van der Waals surface area (Å²) in [5, 5.41) is 2.82. The van der Waals surface area contributed by atoms with Gasteiger partial charge in [0.05, 0.1) is 17.9 Å². The maximum absolute atomic E-state index is 11.2.